The molecule has 0 aromatic heterocycles. The lowest BCUT2D eigenvalue weighted by Crippen LogP contribution is -2.29. The van der Waals surface area contributed by atoms with Gasteiger partial charge in [-0.15, -0.1) is 0 Å². The van der Waals surface area contributed by atoms with Gasteiger partial charge < -0.3 is 10.5 Å². The molecule has 1 aromatic rings. The summed E-state index contributed by atoms with van der Waals surface area (Å²) in [5, 5.41) is 0. The molecule has 0 spiro atoms. The number of methoxy groups -OCH3 is 1. The predicted octanol–water partition coefficient (Wildman–Crippen LogP) is 1.82. The number of nitrogens with two attached hydrogens (primary N) is 1. The van der Waals surface area contributed by atoms with Crippen molar-refractivity contribution in [1.29, 1.82) is 0 Å². The summed E-state index contributed by atoms with van der Waals surface area (Å²) >= 11 is 0. The first kappa shape index (κ1) is 14.0. The van der Waals surface area contributed by atoms with Crippen molar-refractivity contribution in [1.82, 2.24) is 4.90 Å². The van der Waals surface area contributed by atoms with Crippen molar-refractivity contribution in [2.24, 2.45) is 5.73 Å². The highest BCUT2D eigenvalue weighted by Gasteiger charge is 2.14. The fourth-order valence-corrected chi connectivity index (χ4v) is 2.55. The van der Waals surface area contributed by atoms with Crippen LogP contribution in [0.25, 0.3) is 0 Å². The number of ketones is 1. The molecule has 0 bridgehead atoms. The molecule has 0 radical (unpaired) electrons. The van der Waals surface area contributed by atoms with Crippen molar-refractivity contribution in [3.8, 4) is 5.75 Å². The topological polar surface area (TPSA) is 55.6 Å². The van der Waals surface area contributed by atoms with Gasteiger partial charge in [-0.1, -0.05) is 6.42 Å². The largest absolute Gasteiger partial charge is 0.496 e. The number of hydrogen-bond donors (Lipinski definition) is 1. The maximum Gasteiger partial charge on any atom is 0.176 e. The molecule has 4 nitrogen and oxygen atoms in total. The number of carbonyl (C=O) groups excluding carboxylic acids is 1. The van der Waals surface area contributed by atoms with Crippen LogP contribution in [0.15, 0.2) is 18.2 Å². The molecule has 1 aliphatic rings. The molecule has 104 valence electrons. The monoisotopic (exact) mass is 262 g/mol. The summed E-state index contributed by atoms with van der Waals surface area (Å²) in [4.78, 5) is 14.1. The quantitative estimate of drug-likeness (QED) is 0.822. The zero-order chi connectivity index (χ0) is 13.7. The van der Waals surface area contributed by atoms with Gasteiger partial charge in [-0.05, 0) is 44.1 Å². The second-order valence-corrected chi connectivity index (χ2v) is 4.99. The number of benzene rings is 1. The molecular weight excluding hydrogens is 240 g/mol. The van der Waals surface area contributed by atoms with Gasteiger partial charge in [-0.2, -0.15) is 0 Å². The fourth-order valence-electron chi connectivity index (χ4n) is 2.55. The van der Waals surface area contributed by atoms with Crippen LogP contribution in [-0.2, 0) is 6.54 Å². The minimum absolute atomic E-state index is 0.0254. The smallest absolute Gasteiger partial charge is 0.176 e. The highest BCUT2D eigenvalue weighted by atomic mass is 16.5. The number of Topliss-reactive ketones (excluding diaryl/α,β-unsaturated/α-hetero) is 1. The van der Waals surface area contributed by atoms with Crippen LogP contribution in [0.2, 0.25) is 0 Å². The van der Waals surface area contributed by atoms with Crippen LogP contribution in [0.3, 0.4) is 0 Å². The van der Waals surface area contributed by atoms with Gasteiger partial charge >= 0.3 is 0 Å². The number of carbonyl (C=O) groups is 1. The first-order valence-electron chi connectivity index (χ1n) is 6.87. The number of rotatable bonds is 5. The molecule has 0 saturated carbocycles. The van der Waals surface area contributed by atoms with E-state index < -0.39 is 0 Å². The number of ether oxygens (including phenoxy) is 1. The Kier molecular flexibility index (Phi) is 4.93. The molecule has 4 heteroatoms. The number of likely N-dealkylation sites (tertiary alicyclic amines) is 1. The van der Waals surface area contributed by atoms with Gasteiger partial charge in [0, 0.05) is 17.7 Å². The van der Waals surface area contributed by atoms with E-state index in [0.29, 0.717) is 5.56 Å². The predicted molar refractivity (Wildman–Crippen MR) is 75.5 cm³/mol. The van der Waals surface area contributed by atoms with E-state index in [4.69, 9.17) is 10.5 Å². The van der Waals surface area contributed by atoms with E-state index in [9.17, 15) is 4.79 Å². The summed E-state index contributed by atoms with van der Waals surface area (Å²) in [5.41, 5.74) is 7.17. The van der Waals surface area contributed by atoms with Crippen molar-refractivity contribution in [3.05, 3.63) is 29.3 Å². The van der Waals surface area contributed by atoms with E-state index >= 15 is 0 Å². The highest BCUT2D eigenvalue weighted by Crippen LogP contribution is 2.23. The third-order valence-electron chi connectivity index (χ3n) is 3.63. The first-order chi connectivity index (χ1) is 9.24. The van der Waals surface area contributed by atoms with Gasteiger partial charge in [0.15, 0.2) is 5.78 Å². The minimum Gasteiger partial charge on any atom is -0.496 e. The lowest BCUT2D eigenvalue weighted by Gasteiger charge is -2.27. The van der Waals surface area contributed by atoms with Crippen LogP contribution in [0.5, 0.6) is 5.75 Å². The number of hydrogen-bond acceptors (Lipinski definition) is 4. The van der Waals surface area contributed by atoms with Gasteiger partial charge in [0.1, 0.15) is 5.75 Å². The second kappa shape index (κ2) is 6.68. The summed E-state index contributed by atoms with van der Waals surface area (Å²) in [6.07, 6.45) is 3.83. The summed E-state index contributed by atoms with van der Waals surface area (Å²) in [7, 11) is 1.67. The molecule has 0 aliphatic carbocycles. The molecule has 19 heavy (non-hydrogen) atoms. The molecule has 0 atom stereocenters. The summed E-state index contributed by atoms with van der Waals surface area (Å²) in [6, 6.07) is 5.57. The molecular formula is C15H22N2O2. The summed E-state index contributed by atoms with van der Waals surface area (Å²) in [6.45, 7) is 3.14. The van der Waals surface area contributed by atoms with Crippen molar-refractivity contribution in [2.45, 2.75) is 25.8 Å². The highest BCUT2D eigenvalue weighted by molar-refractivity contribution is 5.97. The molecule has 1 aromatic carbocycles. The van der Waals surface area contributed by atoms with Crippen molar-refractivity contribution >= 4 is 5.78 Å². The summed E-state index contributed by atoms with van der Waals surface area (Å²) in [5.74, 6) is 0.821. The lowest BCUT2D eigenvalue weighted by molar-refractivity contribution is 0.100. The average Bonchev–Trinajstić information content (AvgIpc) is 2.47. The minimum atomic E-state index is -0.0254. The van der Waals surface area contributed by atoms with Crippen molar-refractivity contribution in [3.63, 3.8) is 0 Å². The van der Waals surface area contributed by atoms with Gasteiger partial charge in [0.2, 0.25) is 0 Å². The van der Waals surface area contributed by atoms with Crippen LogP contribution in [0.1, 0.15) is 35.2 Å². The van der Waals surface area contributed by atoms with E-state index in [-0.39, 0.29) is 12.3 Å². The summed E-state index contributed by atoms with van der Waals surface area (Å²) < 4.78 is 5.39. The van der Waals surface area contributed by atoms with E-state index in [1.54, 1.807) is 13.2 Å². The fraction of sp³-hybridized carbons (Fsp3) is 0.533. The Hall–Kier alpha value is -1.39. The first-order valence-corrected chi connectivity index (χ1v) is 6.87. The molecule has 0 amide bonds. The number of nitrogens with zero attached hydrogens (tertiary/aromatic N) is 1. The second-order valence-electron chi connectivity index (χ2n) is 4.99. The lowest BCUT2D eigenvalue weighted by atomic mass is 10.0. The van der Waals surface area contributed by atoms with Crippen molar-refractivity contribution < 1.29 is 9.53 Å². The Morgan fingerprint density at radius 1 is 1.32 bits per heavy atom. The van der Waals surface area contributed by atoms with E-state index in [2.05, 4.69) is 4.90 Å². The average molecular weight is 262 g/mol. The van der Waals surface area contributed by atoms with Crippen LogP contribution in [-0.4, -0.2) is 37.4 Å². The maximum atomic E-state index is 11.7. The van der Waals surface area contributed by atoms with Gasteiger partial charge in [-0.25, -0.2) is 0 Å². The third-order valence-corrected chi connectivity index (χ3v) is 3.63. The standard InChI is InChI=1S/C15H22N2O2/c1-19-15-6-5-12(14(18)10-16)9-13(15)11-17-7-3-2-4-8-17/h5-6,9H,2-4,7-8,10-11,16H2,1H3. The molecule has 2 N–H and O–H groups in total. The Bertz CT molecular complexity index is 440. The van der Waals surface area contributed by atoms with Crippen molar-refractivity contribution in [2.75, 3.05) is 26.7 Å². The molecule has 2 rings (SSSR count). The van der Waals surface area contributed by atoms with E-state index in [1.807, 2.05) is 12.1 Å². The normalized spacial score (nSPS) is 16.3. The van der Waals surface area contributed by atoms with Gasteiger partial charge in [0.25, 0.3) is 0 Å². The Balaban J connectivity index is 2.17. The zero-order valence-electron chi connectivity index (χ0n) is 11.5. The molecule has 1 fully saturated rings. The van der Waals surface area contributed by atoms with E-state index in [1.165, 1.54) is 19.3 Å². The van der Waals surface area contributed by atoms with Gasteiger partial charge in [0.05, 0.1) is 13.7 Å². The molecule has 1 saturated heterocycles. The Morgan fingerprint density at radius 2 is 2.05 bits per heavy atom. The van der Waals surface area contributed by atoms with Crippen LogP contribution in [0.4, 0.5) is 0 Å². The zero-order valence-corrected chi connectivity index (χ0v) is 11.5. The number of piperidine rings is 1. The molecule has 1 aliphatic heterocycles. The van der Waals surface area contributed by atoms with Gasteiger partial charge in [-0.3, -0.25) is 9.69 Å². The Morgan fingerprint density at radius 3 is 2.68 bits per heavy atom. The molecule has 1 heterocycles. The SMILES string of the molecule is COc1ccc(C(=O)CN)cc1CN1CCCCC1. The van der Waals surface area contributed by atoms with E-state index in [0.717, 1.165) is 30.9 Å². The van der Waals surface area contributed by atoms with Crippen LogP contribution >= 0.6 is 0 Å². The third kappa shape index (κ3) is 3.55. The maximum absolute atomic E-state index is 11.7. The molecule has 0 unspecified atom stereocenters. The Labute approximate surface area is 114 Å². The van der Waals surface area contributed by atoms with Crippen LogP contribution in [0, 0.1) is 0 Å². The van der Waals surface area contributed by atoms with Crippen LogP contribution < -0.4 is 10.5 Å².